The van der Waals surface area contributed by atoms with Crippen LogP contribution >= 0.6 is 0 Å². The molecule has 3 aromatic heterocycles. The second-order valence-electron chi connectivity index (χ2n) is 7.54. The molecule has 0 bridgehead atoms. The van der Waals surface area contributed by atoms with E-state index < -0.39 is 0 Å². The summed E-state index contributed by atoms with van der Waals surface area (Å²) in [4.78, 5) is 17.3. The van der Waals surface area contributed by atoms with Crippen LogP contribution in [0.15, 0.2) is 66.9 Å². The molecule has 0 aliphatic heterocycles. The molecule has 5 rings (SSSR count). The summed E-state index contributed by atoms with van der Waals surface area (Å²) in [5.41, 5.74) is 5.70. The second-order valence-corrected chi connectivity index (χ2v) is 7.54. The number of para-hydroxylation sites is 1. The largest absolute Gasteiger partial charge is 0.309 e. The van der Waals surface area contributed by atoms with Gasteiger partial charge in [-0.3, -0.25) is 4.79 Å². The molecule has 7 heteroatoms. The van der Waals surface area contributed by atoms with Crippen LogP contribution in [0.25, 0.3) is 22.2 Å². The maximum absolute atomic E-state index is 12.6. The van der Waals surface area contributed by atoms with Crippen LogP contribution in [0.1, 0.15) is 23.4 Å². The zero-order valence-electron chi connectivity index (χ0n) is 17.4. The number of nitrogens with one attached hydrogen (secondary N) is 1. The van der Waals surface area contributed by atoms with E-state index in [1.54, 1.807) is 10.7 Å². The Bertz CT molecular complexity index is 1400. The number of aromatic nitrogens is 5. The van der Waals surface area contributed by atoms with Crippen molar-refractivity contribution in [3.8, 4) is 5.69 Å². The van der Waals surface area contributed by atoms with Crippen molar-refractivity contribution >= 4 is 28.3 Å². The first-order chi connectivity index (χ1) is 15.1. The van der Waals surface area contributed by atoms with Crippen molar-refractivity contribution < 1.29 is 4.79 Å². The van der Waals surface area contributed by atoms with E-state index in [9.17, 15) is 4.79 Å². The molecule has 0 aliphatic rings. The number of hydrogen-bond donors (Lipinski definition) is 1. The van der Waals surface area contributed by atoms with Gasteiger partial charge in [0.25, 0.3) is 0 Å². The van der Waals surface area contributed by atoms with Crippen LogP contribution in [0.2, 0.25) is 0 Å². The molecule has 7 nitrogen and oxygen atoms in total. The zero-order chi connectivity index (χ0) is 21.4. The molecule has 0 atom stereocenters. The van der Waals surface area contributed by atoms with E-state index in [0.717, 1.165) is 39.2 Å². The summed E-state index contributed by atoms with van der Waals surface area (Å²) in [6.07, 6.45) is 2.76. The van der Waals surface area contributed by atoms with Crippen molar-refractivity contribution in [2.45, 2.75) is 26.7 Å². The lowest BCUT2D eigenvalue weighted by Crippen LogP contribution is -2.15. The first-order valence-corrected chi connectivity index (χ1v) is 10.2. The maximum Gasteiger partial charge on any atom is 0.225 e. The highest BCUT2D eigenvalue weighted by Crippen LogP contribution is 2.23. The summed E-state index contributed by atoms with van der Waals surface area (Å²) in [5.74, 6) is 0.456. The number of carbonyl (C=O) groups excluding carboxylic acids is 1. The molecule has 3 heterocycles. The van der Waals surface area contributed by atoms with E-state index in [1.807, 2.05) is 79.2 Å². The normalized spacial score (nSPS) is 11.3. The summed E-state index contributed by atoms with van der Waals surface area (Å²) in [6, 6.07) is 19.6. The Kier molecular flexibility index (Phi) is 4.71. The maximum atomic E-state index is 12.6. The fraction of sp³-hybridized carbons (Fsp3) is 0.167. The van der Waals surface area contributed by atoms with Crippen molar-refractivity contribution in [3.05, 3.63) is 83.8 Å². The number of benzene rings is 2. The Morgan fingerprint density at radius 3 is 2.58 bits per heavy atom. The summed E-state index contributed by atoms with van der Waals surface area (Å²) in [6.45, 7) is 4.02. The Labute approximate surface area is 179 Å². The van der Waals surface area contributed by atoms with E-state index in [-0.39, 0.29) is 5.91 Å². The van der Waals surface area contributed by atoms with Gasteiger partial charge in [0.15, 0.2) is 11.5 Å². The molecular weight excluding hydrogens is 388 g/mol. The molecule has 0 aliphatic carbocycles. The van der Waals surface area contributed by atoms with Gasteiger partial charge in [-0.15, -0.1) is 0 Å². The van der Waals surface area contributed by atoms with Gasteiger partial charge in [0.2, 0.25) is 5.91 Å². The third-order valence-electron chi connectivity index (χ3n) is 5.50. The molecule has 154 valence electrons. The minimum Gasteiger partial charge on any atom is -0.309 e. The molecule has 0 spiro atoms. The van der Waals surface area contributed by atoms with Gasteiger partial charge in [-0.05, 0) is 50.1 Å². The Hall–Kier alpha value is -4.00. The number of anilines is 1. The smallest absolute Gasteiger partial charge is 0.225 e. The number of rotatable bonds is 5. The fourth-order valence-electron chi connectivity index (χ4n) is 3.90. The third kappa shape index (κ3) is 3.54. The number of fused-ring (bicyclic) bond motifs is 3. The van der Waals surface area contributed by atoms with E-state index in [2.05, 4.69) is 15.5 Å². The monoisotopic (exact) mass is 410 g/mol. The quantitative estimate of drug-likeness (QED) is 0.470. The zero-order valence-corrected chi connectivity index (χ0v) is 17.4. The molecule has 1 N–H and O–H groups in total. The van der Waals surface area contributed by atoms with Gasteiger partial charge < -0.3 is 5.32 Å². The van der Waals surface area contributed by atoms with Crippen molar-refractivity contribution in [1.29, 1.82) is 0 Å². The second kappa shape index (κ2) is 7.68. The molecule has 0 saturated carbocycles. The fourth-order valence-corrected chi connectivity index (χ4v) is 3.90. The minimum atomic E-state index is -0.0807. The van der Waals surface area contributed by atoms with Crippen molar-refractivity contribution in [2.24, 2.45) is 0 Å². The summed E-state index contributed by atoms with van der Waals surface area (Å²) in [7, 11) is 0. The van der Waals surface area contributed by atoms with E-state index in [4.69, 9.17) is 4.98 Å². The van der Waals surface area contributed by atoms with Crippen LogP contribution in [0, 0.1) is 13.8 Å². The topological polar surface area (TPSA) is 77.1 Å². The van der Waals surface area contributed by atoms with Crippen LogP contribution in [0.3, 0.4) is 0 Å². The molecule has 1 amide bonds. The lowest BCUT2D eigenvalue weighted by molar-refractivity contribution is -0.116. The molecule has 0 radical (unpaired) electrons. The number of nitrogens with zero attached hydrogens (tertiary/aromatic N) is 5. The average Bonchev–Trinajstić information content (AvgIpc) is 3.39. The Balaban J connectivity index is 1.32. The van der Waals surface area contributed by atoms with Gasteiger partial charge >= 0.3 is 0 Å². The summed E-state index contributed by atoms with van der Waals surface area (Å²) in [5, 5.41) is 13.0. The van der Waals surface area contributed by atoms with Crippen LogP contribution in [0.4, 0.5) is 5.82 Å². The SMILES string of the molecule is Cc1nc2c3ccccc3nn2c(C)c1CCC(=O)Nc1ccn(-c2ccccc2)n1. The predicted octanol–water partition coefficient (Wildman–Crippen LogP) is 4.26. The Morgan fingerprint density at radius 2 is 1.74 bits per heavy atom. The van der Waals surface area contributed by atoms with E-state index in [0.29, 0.717) is 18.7 Å². The first-order valence-electron chi connectivity index (χ1n) is 10.2. The molecule has 0 unspecified atom stereocenters. The predicted molar refractivity (Wildman–Crippen MR) is 120 cm³/mol. The van der Waals surface area contributed by atoms with Crippen molar-refractivity contribution in [3.63, 3.8) is 0 Å². The van der Waals surface area contributed by atoms with Crippen LogP contribution in [0.5, 0.6) is 0 Å². The van der Waals surface area contributed by atoms with Gasteiger partial charge in [0, 0.05) is 35.5 Å². The van der Waals surface area contributed by atoms with Gasteiger partial charge in [-0.1, -0.05) is 30.3 Å². The number of carbonyl (C=O) groups is 1. The van der Waals surface area contributed by atoms with Gasteiger partial charge in [-0.25, -0.2) is 14.2 Å². The highest BCUT2D eigenvalue weighted by atomic mass is 16.1. The van der Waals surface area contributed by atoms with Gasteiger partial charge in [0.1, 0.15) is 0 Å². The van der Waals surface area contributed by atoms with Crippen LogP contribution < -0.4 is 5.32 Å². The molecule has 5 aromatic rings. The average molecular weight is 410 g/mol. The number of amides is 1. The van der Waals surface area contributed by atoms with Crippen LogP contribution in [-0.2, 0) is 11.2 Å². The molecule has 31 heavy (non-hydrogen) atoms. The van der Waals surface area contributed by atoms with Crippen molar-refractivity contribution in [2.75, 3.05) is 5.32 Å². The standard InChI is InChI=1S/C24H22N6O/c1-16-19(17(2)30-24(25-16)20-10-6-7-11-21(20)27-30)12-13-23(31)26-22-14-15-29(28-22)18-8-4-3-5-9-18/h3-11,14-15H,12-13H2,1-2H3,(H,26,28,31). The molecular formula is C24H22N6O. The summed E-state index contributed by atoms with van der Waals surface area (Å²) < 4.78 is 3.62. The molecule has 2 aromatic carbocycles. The van der Waals surface area contributed by atoms with Crippen molar-refractivity contribution in [1.82, 2.24) is 24.4 Å². The number of aryl methyl sites for hydroxylation is 2. The van der Waals surface area contributed by atoms with E-state index in [1.165, 1.54) is 0 Å². The van der Waals surface area contributed by atoms with E-state index >= 15 is 0 Å². The van der Waals surface area contributed by atoms with Gasteiger partial charge in [-0.2, -0.15) is 10.2 Å². The third-order valence-corrected chi connectivity index (χ3v) is 5.50. The first kappa shape index (κ1) is 19.0. The van der Waals surface area contributed by atoms with Gasteiger partial charge in [0.05, 0.1) is 11.2 Å². The highest BCUT2D eigenvalue weighted by Gasteiger charge is 2.15. The van der Waals surface area contributed by atoms with Crippen LogP contribution in [-0.4, -0.2) is 30.3 Å². The molecule has 0 saturated heterocycles. The summed E-state index contributed by atoms with van der Waals surface area (Å²) >= 11 is 0. The lowest BCUT2D eigenvalue weighted by Gasteiger charge is -2.11. The minimum absolute atomic E-state index is 0.0807. The molecule has 0 fully saturated rings. The highest BCUT2D eigenvalue weighted by molar-refractivity contribution is 5.92. The number of hydrogen-bond acceptors (Lipinski definition) is 4. The lowest BCUT2D eigenvalue weighted by atomic mass is 10.1. The Morgan fingerprint density at radius 1 is 0.968 bits per heavy atom.